The molecule has 2 aliphatic heterocycles. The number of anilines is 1. The minimum Gasteiger partial charge on any atom is -0.335 e. The first kappa shape index (κ1) is 19.9. The number of carbonyl (C=O) groups is 1. The fourth-order valence-electron chi connectivity index (χ4n) is 4.66. The number of nitrogens with zero attached hydrogens (tertiary/aromatic N) is 3. The number of unbranched alkanes of at least 4 members (excludes halogenated alkanes) is 1. The predicted octanol–water partition coefficient (Wildman–Crippen LogP) is 4.22. The third kappa shape index (κ3) is 4.61. The van der Waals surface area contributed by atoms with Gasteiger partial charge < -0.3 is 20.1 Å². The van der Waals surface area contributed by atoms with Crippen molar-refractivity contribution in [2.75, 3.05) is 12.4 Å². The largest absolute Gasteiger partial charge is 0.335 e. The first-order valence-corrected chi connectivity index (χ1v) is 10.9. The number of piperidine rings is 2. The molecule has 3 heterocycles. The number of amides is 2. The molecule has 2 N–H and O–H groups in total. The van der Waals surface area contributed by atoms with Gasteiger partial charge in [0.25, 0.3) is 5.89 Å². The molecule has 1 aromatic heterocycles. The molecular weight excluding hydrogens is 366 g/mol. The first-order valence-electron chi connectivity index (χ1n) is 10.9. The number of para-hydroxylation sites is 1. The molecule has 0 saturated carbocycles. The highest BCUT2D eigenvalue weighted by Gasteiger charge is 2.36. The first-order chi connectivity index (χ1) is 14.1. The van der Waals surface area contributed by atoms with Gasteiger partial charge in [0.2, 0.25) is 0 Å². The molecule has 2 unspecified atom stereocenters. The fourth-order valence-corrected chi connectivity index (χ4v) is 4.66. The summed E-state index contributed by atoms with van der Waals surface area (Å²) in [6.07, 6.45) is 8.71. The Bertz CT molecular complexity index is 822. The quantitative estimate of drug-likeness (QED) is 0.763. The fraction of sp³-hybridized carbons (Fsp3) is 0.591. The Labute approximate surface area is 172 Å². The second-order valence-electron chi connectivity index (χ2n) is 8.34. The van der Waals surface area contributed by atoms with Gasteiger partial charge in [0.05, 0.1) is 11.3 Å². The van der Waals surface area contributed by atoms with Crippen molar-refractivity contribution in [3.05, 3.63) is 30.1 Å². The van der Waals surface area contributed by atoms with Crippen molar-refractivity contribution >= 4 is 11.7 Å². The van der Waals surface area contributed by atoms with Gasteiger partial charge in [0, 0.05) is 24.5 Å². The van der Waals surface area contributed by atoms with Crippen LogP contribution < -0.4 is 10.6 Å². The van der Waals surface area contributed by atoms with E-state index in [1.807, 2.05) is 24.3 Å². The number of hydrogen-bond acceptors (Lipinski definition) is 5. The number of aromatic nitrogens is 2. The van der Waals surface area contributed by atoms with Crippen LogP contribution >= 0.6 is 0 Å². The van der Waals surface area contributed by atoms with Gasteiger partial charge in [-0.15, -0.1) is 0 Å². The van der Waals surface area contributed by atoms with Crippen LogP contribution in [0.2, 0.25) is 0 Å². The smallest absolute Gasteiger partial charge is 0.319 e. The molecule has 2 fully saturated rings. The maximum absolute atomic E-state index is 12.7. The lowest BCUT2D eigenvalue weighted by Crippen LogP contribution is -2.55. The van der Waals surface area contributed by atoms with Gasteiger partial charge in [0.1, 0.15) is 0 Å². The van der Waals surface area contributed by atoms with Gasteiger partial charge in [-0.05, 0) is 51.3 Å². The van der Waals surface area contributed by atoms with Crippen LogP contribution in [-0.2, 0) is 6.42 Å². The van der Waals surface area contributed by atoms with E-state index in [1.165, 1.54) is 19.3 Å². The molecule has 2 amide bonds. The molecule has 2 atom stereocenters. The van der Waals surface area contributed by atoms with E-state index in [-0.39, 0.29) is 12.1 Å². The predicted molar refractivity (Wildman–Crippen MR) is 113 cm³/mol. The minimum absolute atomic E-state index is 0.171. The molecule has 156 valence electrons. The zero-order valence-electron chi connectivity index (χ0n) is 17.4. The number of urea groups is 1. The molecule has 2 bridgehead atoms. The summed E-state index contributed by atoms with van der Waals surface area (Å²) in [7, 11) is 2.22. The summed E-state index contributed by atoms with van der Waals surface area (Å²) in [5.74, 6) is 1.15. The lowest BCUT2D eigenvalue weighted by atomic mass is 9.82. The average molecular weight is 398 g/mol. The minimum atomic E-state index is -0.171. The molecule has 1 aromatic carbocycles. The van der Waals surface area contributed by atoms with E-state index in [0.717, 1.165) is 37.7 Å². The van der Waals surface area contributed by atoms with E-state index < -0.39 is 0 Å². The van der Waals surface area contributed by atoms with Crippen molar-refractivity contribution in [3.8, 4) is 11.5 Å². The van der Waals surface area contributed by atoms with E-state index in [0.29, 0.717) is 29.5 Å². The van der Waals surface area contributed by atoms with Crippen molar-refractivity contribution in [2.24, 2.45) is 0 Å². The monoisotopic (exact) mass is 397 g/mol. The zero-order valence-corrected chi connectivity index (χ0v) is 17.4. The van der Waals surface area contributed by atoms with Crippen LogP contribution in [0.5, 0.6) is 0 Å². The van der Waals surface area contributed by atoms with Crippen LogP contribution in [-0.4, -0.2) is 46.2 Å². The molecule has 2 saturated heterocycles. The van der Waals surface area contributed by atoms with E-state index in [9.17, 15) is 4.79 Å². The van der Waals surface area contributed by atoms with Crippen LogP contribution in [0.25, 0.3) is 11.5 Å². The van der Waals surface area contributed by atoms with Gasteiger partial charge in [-0.3, -0.25) is 0 Å². The Balaban J connectivity index is 1.41. The molecule has 7 heteroatoms. The lowest BCUT2D eigenvalue weighted by molar-refractivity contribution is 0.0513. The number of nitrogens with one attached hydrogen (secondary N) is 2. The summed E-state index contributed by atoms with van der Waals surface area (Å²) in [6.45, 7) is 2.14. The second-order valence-corrected chi connectivity index (χ2v) is 8.34. The molecule has 2 aromatic rings. The van der Waals surface area contributed by atoms with Gasteiger partial charge in [-0.1, -0.05) is 37.1 Å². The summed E-state index contributed by atoms with van der Waals surface area (Å²) in [6, 6.07) is 8.79. The molecule has 29 heavy (non-hydrogen) atoms. The summed E-state index contributed by atoms with van der Waals surface area (Å²) >= 11 is 0. The zero-order chi connectivity index (χ0) is 20.2. The number of fused-ring (bicyclic) bond motifs is 2. The second kappa shape index (κ2) is 8.95. The average Bonchev–Trinajstić information content (AvgIpc) is 3.16. The topological polar surface area (TPSA) is 83.3 Å². The standard InChI is InChI=1S/C22H31N5O2/c1-3-4-12-20-25-21(29-26-20)18-10-5-6-11-19(18)24-22(28)23-15-13-16-8-7-9-17(14-15)27(16)2/h5-6,10-11,15-17H,3-4,7-9,12-14H2,1-2H3,(H2,23,24,28). The van der Waals surface area contributed by atoms with E-state index in [1.54, 1.807) is 0 Å². The van der Waals surface area contributed by atoms with Crippen molar-refractivity contribution in [1.29, 1.82) is 0 Å². The summed E-state index contributed by atoms with van der Waals surface area (Å²) in [5, 5.41) is 10.2. The molecular formula is C22H31N5O2. The van der Waals surface area contributed by atoms with E-state index in [4.69, 9.17) is 4.52 Å². The number of aryl methyl sites for hydroxylation is 1. The van der Waals surface area contributed by atoms with Crippen molar-refractivity contribution < 1.29 is 9.32 Å². The Morgan fingerprint density at radius 2 is 2.00 bits per heavy atom. The van der Waals surface area contributed by atoms with E-state index in [2.05, 4.69) is 39.6 Å². The number of benzene rings is 1. The highest BCUT2D eigenvalue weighted by molar-refractivity contribution is 5.93. The van der Waals surface area contributed by atoms with Crippen molar-refractivity contribution in [1.82, 2.24) is 20.4 Å². The maximum Gasteiger partial charge on any atom is 0.319 e. The highest BCUT2D eigenvalue weighted by atomic mass is 16.5. The van der Waals surface area contributed by atoms with Crippen LogP contribution in [0.1, 0.15) is 57.7 Å². The van der Waals surface area contributed by atoms with Crippen LogP contribution in [0.15, 0.2) is 28.8 Å². The maximum atomic E-state index is 12.7. The molecule has 7 nitrogen and oxygen atoms in total. The molecule has 4 rings (SSSR count). The molecule has 2 aliphatic rings. The van der Waals surface area contributed by atoms with Gasteiger partial charge >= 0.3 is 6.03 Å². The van der Waals surface area contributed by atoms with E-state index >= 15 is 0 Å². The third-order valence-electron chi connectivity index (χ3n) is 6.30. The summed E-state index contributed by atoms with van der Waals surface area (Å²) in [5.41, 5.74) is 1.43. The Kier molecular flexibility index (Phi) is 6.13. The number of rotatable bonds is 6. The van der Waals surface area contributed by atoms with Crippen LogP contribution in [0.4, 0.5) is 10.5 Å². The van der Waals surface area contributed by atoms with Crippen LogP contribution in [0, 0.1) is 0 Å². The Hall–Kier alpha value is -2.41. The van der Waals surface area contributed by atoms with Gasteiger partial charge in [0.15, 0.2) is 5.82 Å². The lowest BCUT2D eigenvalue weighted by Gasteiger charge is -2.47. The normalized spacial score (nSPS) is 24.3. The van der Waals surface area contributed by atoms with Gasteiger partial charge in [-0.25, -0.2) is 4.79 Å². The SMILES string of the molecule is CCCCc1noc(-c2ccccc2NC(=O)NC2CC3CCCC(C2)N3C)n1. The van der Waals surface area contributed by atoms with Crippen LogP contribution in [0.3, 0.4) is 0 Å². The summed E-state index contributed by atoms with van der Waals surface area (Å²) < 4.78 is 5.44. The van der Waals surface area contributed by atoms with Crippen molar-refractivity contribution in [2.45, 2.75) is 76.4 Å². The third-order valence-corrected chi connectivity index (χ3v) is 6.30. The molecule has 0 aliphatic carbocycles. The Morgan fingerprint density at radius 1 is 1.24 bits per heavy atom. The number of hydrogen-bond donors (Lipinski definition) is 2. The van der Waals surface area contributed by atoms with Crippen molar-refractivity contribution in [3.63, 3.8) is 0 Å². The highest BCUT2D eigenvalue weighted by Crippen LogP contribution is 2.33. The molecule has 0 radical (unpaired) electrons. The Morgan fingerprint density at radius 3 is 2.76 bits per heavy atom. The summed E-state index contributed by atoms with van der Waals surface area (Å²) in [4.78, 5) is 19.7. The number of carbonyl (C=O) groups excluding carboxylic acids is 1. The molecule has 0 spiro atoms. The van der Waals surface area contributed by atoms with Gasteiger partial charge in [-0.2, -0.15) is 4.98 Å².